The van der Waals surface area contributed by atoms with Gasteiger partial charge in [0.05, 0.1) is 24.5 Å². The number of hydrogen-bond acceptors (Lipinski definition) is 4. The summed E-state index contributed by atoms with van der Waals surface area (Å²) in [5.41, 5.74) is -0.0102. The Hall–Kier alpha value is -2.04. The Morgan fingerprint density at radius 2 is 1.74 bits per heavy atom. The molecule has 2 aromatic rings. The van der Waals surface area contributed by atoms with Gasteiger partial charge in [-0.15, -0.1) is 0 Å². The van der Waals surface area contributed by atoms with Crippen LogP contribution in [0.15, 0.2) is 45.8 Å². The van der Waals surface area contributed by atoms with Crippen molar-refractivity contribution in [2.75, 3.05) is 31.0 Å². The maximum atomic E-state index is 13.9. The van der Waals surface area contributed by atoms with Crippen molar-refractivity contribution in [3.63, 3.8) is 0 Å². The maximum Gasteiger partial charge on any atom is 0.267 e. The standard InChI is InChI=1S/C17H15BrF2N2O4S/c18-11-4-5-12(17(23)22-6-8-26-9-7-22)15(10-11)21-27(24,25)16-13(19)2-1-3-14(16)20/h1-5,10,21H,6-9H2. The predicted octanol–water partition coefficient (Wildman–Crippen LogP) is 3.00. The molecule has 0 aliphatic carbocycles. The molecular formula is C17H15BrF2N2O4S. The normalized spacial score (nSPS) is 14.9. The van der Waals surface area contributed by atoms with Crippen LogP contribution >= 0.6 is 15.9 Å². The molecule has 0 spiro atoms. The minimum atomic E-state index is -4.59. The summed E-state index contributed by atoms with van der Waals surface area (Å²) in [6.45, 7) is 1.49. The van der Waals surface area contributed by atoms with Gasteiger partial charge in [-0.2, -0.15) is 0 Å². The van der Waals surface area contributed by atoms with Crippen LogP contribution in [0.2, 0.25) is 0 Å². The van der Waals surface area contributed by atoms with Gasteiger partial charge in [0, 0.05) is 17.6 Å². The van der Waals surface area contributed by atoms with Gasteiger partial charge >= 0.3 is 0 Å². The van der Waals surface area contributed by atoms with Crippen molar-refractivity contribution >= 4 is 37.5 Å². The lowest BCUT2D eigenvalue weighted by Gasteiger charge is -2.27. The maximum absolute atomic E-state index is 13.9. The molecule has 1 aliphatic rings. The number of rotatable bonds is 4. The molecule has 0 aromatic heterocycles. The summed E-state index contributed by atoms with van der Waals surface area (Å²) in [4.78, 5) is 13.2. The van der Waals surface area contributed by atoms with Crippen molar-refractivity contribution in [2.45, 2.75) is 4.90 Å². The smallest absolute Gasteiger partial charge is 0.267 e. The van der Waals surface area contributed by atoms with E-state index < -0.39 is 32.5 Å². The monoisotopic (exact) mass is 460 g/mol. The second-order valence-electron chi connectivity index (χ2n) is 5.75. The van der Waals surface area contributed by atoms with Gasteiger partial charge in [-0.05, 0) is 30.3 Å². The fourth-order valence-corrected chi connectivity index (χ4v) is 4.23. The zero-order valence-electron chi connectivity index (χ0n) is 13.9. The minimum absolute atomic E-state index is 0.0698. The molecular weight excluding hydrogens is 446 g/mol. The highest BCUT2D eigenvalue weighted by Crippen LogP contribution is 2.27. The van der Waals surface area contributed by atoms with Crippen molar-refractivity contribution in [3.05, 3.63) is 58.1 Å². The van der Waals surface area contributed by atoms with Crippen LogP contribution in [0.4, 0.5) is 14.5 Å². The number of morpholine rings is 1. The second kappa shape index (κ2) is 7.91. The van der Waals surface area contributed by atoms with E-state index in [2.05, 4.69) is 20.7 Å². The molecule has 1 N–H and O–H groups in total. The Morgan fingerprint density at radius 3 is 2.37 bits per heavy atom. The number of halogens is 3. The summed E-state index contributed by atoms with van der Waals surface area (Å²) in [6.07, 6.45) is 0. The highest BCUT2D eigenvalue weighted by molar-refractivity contribution is 9.10. The molecule has 1 heterocycles. The van der Waals surface area contributed by atoms with Gasteiger partial charge in [-0.1, -0.05) is 22.0 Å². The van der Waals surface area contributed by atoms with Crippen molar-refractivity contribution in [1.82, 2.24) is 4.90 Å². The van der Waals surface area contributed by atoms with Gasteiger partial charge in [0.15, 0.2) is 4.90 Å². The first-order valence-electron chi connectivity index (χ1n) is 7.93. The summed E-state index contributed by atoms with van der Waals surface area (Å²) in [5.74, 6) is -2.85. The lowest BCUT2D eigenvalue weighted by molar-refractivity contribution is 0.0303. The summed E-state index contributed by atoms with van der Waals surface area (Å²) >= 11 is 3.21. The largest absolute Gasteiger partial charge is 0.378 e. The Kier molecular flexibility index (Phi) is 5.78. The van der Waals surface area contributed by atoms with Crippen LogP contribution in [-0.2, 0) is 14.8 Å². The molecule has 6 nitrogen and oxygen atoms in total. The van der Waals surface area contributed by atoms with E-state index in [4.69, 9.17) is 4.74 Å². The lowest BCUT2D eigenvalue weighted by Crippen LogP contribution is -2.41. The van der Waals surface area contributed by atoms with E-state index in [9.17, 15) is 22.0 Å². The number of nitrogens with one attached hydrogen (secondary N) is 1. The molecule has 0 bridgehead atoms. The molecule has 144 valence electrons. The number of anilines is 1. The molecule has 27 heavy (non-hydrogen) atoms. The van der Waals surface area contributed by atoms with Crippen LogP contribution in [0.3, 0.4) is 0 Å². The van der Waals surface area contributed by atoms with Gasteiger partial charge in [-0.25, -0.2) is 17.2 Å². The van der Waals surface area contributed by atoms with E-state index in [0.717, 1.165) is 18.2 Å². The van der Waals surface area contributed by atoms with Crippen molar-refractivity contribution in [2.24, 2.45) is 0 Å². The quantitative estimate of drug-likeness (QED) is 0.760. The van der Waals surface area contributed by atoms with E-state index in [1.807, 2.05) is 0 Å². The molecule has 1 aliphatic heterocycles. The molecule has 1 saturated heterocycles. The van der Waals surface area contributed by atoms with Gasteiger partial charge < -0.3 is 9.64 Å². The third-order valence-electron chi connectivity index (χ3n) is 3.94. The van der Waals surface area contributed by atoms with Gasteiger partial charge in [-0.3, -0.25) is 9.52 Å². The topological polar surface area (TPSA) is 75.7 Å². The fraction of sp³-hybridized carbons (Fsp3) is 0.235. The first kappa shape index (κ1) is 19.7. The molecule has 2 aromatic carbocycles. The number of amides is 1. The molecule has 0 saturated carbocycles. The van der Waals surface area contributed by atoms with Crippen molar-refractivity contribution in [3.8, 4) is 0 Å². The van der Waals surface area contributed by atoms with E-state index >= 15 is 0 Å². The molecule has 1 fully saturated rings. The van der Waals surface area contributed by atoms with E-state index in [1.165, 1.54) is 17.0 Å². The lowest BCUT2D eigenvalue weighted by atomic mass is 10.1. The summed E-state index contributed by atoms with van der Waals surface area (Å²) in [6, 6.07) is 7.14. The van der Waals surface area contributed by atoms with E-state index in [1.54, 1.807) is 6.07 Å². The Bertz CT molecular complexity index is 959. The molecule has 0 atom stereocenters. The van der Waals surface area contributed by atoms with Crippen LogP contribution in [-0.4, -0.2) is 45.5 Å². The third-order valence-corrected chi connectivity index (χ3v) is 5.85. The highest BCUT2D eigenvalue weighted by Gasteiger charge is 2.27. The first-order chi connectivity index (χ1) is 12.8. The summed E-state index contributed by atoms with van der Waals surface area (Å²) < 4.78 is 60.8. The fourth-order valence-electron chi connectivity index (χ4n) is 2.66. The zero-order chi connectivity index (χ0) is 19.6. The second-order valence-corrected chi connectivity index (χ2v) is 8.29. The zero-order valence-corrected chi connectivity index (χ0v) is 16.3. The number of nitrogens with zero attached hydrogens (tertiary/aromatic N) is 1. The number of benzene rings is 2. The molecule has 0 radical (unpaired) electrons. The van der Waals surface area contributed by atoms with E-state index in [0.29, 0.717) is 30.8 Å². The number of carbonyl (C=O) groups excluding carboxylic acids is 1. The van der Waals surface area contributed by atoms with Crippen molar-refractivity contribution < 1.29 is 26.7 Å². The Balaban J connectivity index is 1.99. The molecule has 1 amide bonds. The SMILES string of the molecule is O=C(c1ccc(Br)cc1NS(=O)(=O)c1c(F)cccc1F)N1CCOCC1. The Labute approximate surface area is 163 Å². The molecule has 10 heteroatoms. The van der Waals surface area contributed by atoms with Crippen LogP contribution in [0.5, 0.6) is 0 Å². The van der Waals surface area contributed by atoms with Crippen LogP contribution in [0, 0.1) is 11.6 Å². The molecule has 3 rings (SSSR count). The Morgan fingerprint density at radius 1 is 1.11 bits per heavy atom. The average molecular weight is 461 g/mol. The third kappa shape index (κ3) is 4.28. The van der Waals surface area contributed by atoms with Crippen LogP contribution in [0.25, 0.3) is 0 Å². The van der Waals surface area contributed by atoms with Crippen LogP contribution in [0.1, 0.15) is 10.4 Å². The number of sulfonamides is 1. The first-order valence-corrected chi connectivity index (χ1v) is 10.2. The van der Waals surface area contributed by atoms with Gasteiger partial charge in [0.25, 0.3) is 15.9 Å². The molecule has 0 unspecified atom stereocenters. The predicted molar refractivity (Wildman–Crippen MR) is 98.0 cm³/mol. The number of hydrogen-bond donors (Lipinski definition) is 1. The van der Waals surface area contributed by atoms with Gasteiger partial charge in [0.1, 0.15) is 11.6 Å². The van der Waals surface area contributed by atoms with Gasteiger partial charge in [0.2, 0.25) is 0 Å². The summed E-state index contributed by atoms with van der Waals surface area (Å²) in [5, 5.41) is 0. The number of carbonyl (C=O) groups is 1. The average Bonchev–Trinajstić information content (AvgIpc) is 2.61. The highest BCUT2D eigenvalue weighted by atomic mass is 79.9. The minimum Gasteiger partial charge on any atom is -0.378 e. The van der Waals surface area contributed by atoms with Crippen molar-refractivity contribution in [1.29, 1.82) is 0 Å². The number of ether oxygens (including phenoxy) is 1. The van der Waals surface area contributed by atoms with E-state index in [-0.39, 0.29) is 11.3 Å². The summed E-state index contributed by atoms with van der Waals surface area (Å²) in [7, 11) is -4.59. The van der Waals surface area contributed by atoms with Crippen LogP contribution < -0.4 is 4.72 Å².